The highest BCUT2D eigenvalue weighted by Gasteiger charge is 2.29. The number of nitrogens with zero attached hydrogens (tertiary/aromatic N) is 1. The van der Waals surface area contributed by atoms with Crippen molar-refractivity contribution in [2.75, 3.05) is 6.26 Å². The summed E-state index contributed by atoms with van der Waals surface area (Å²) in [5.41, 5.74) is 0.991. The lowest BCUT2D eigenvalue weighted by Gasteiger charge is -2.21. The second-order valence-electron chi connectivity index (χ2n) is 6.04. The lowest BCUT2D eigenvalue weighted by atomic mass is 10.2. The van der Waals surface area contributed by atoms with Gasteiger partial charge in [0.25, 0.3) is 0 Å². The van der Waals surface area contributed by atoms with Gasteiger partial charge in [0.05, 0.1) is 16.7 Å². The lowest BCUT2D eigenvalue weighted by Crippen LogP contribution is -2.45. The van der Waals surface area contributed by atoms with Gasteiger partial charge in [-0.3, -0.25) is 0 Å². The van der Waals surface area contributed by atoms with E-state index in [2.05, 4.69) is 27.3 Å². The van der Waals surface area contributed by atoms with E-state index >= 15 is 0 Å². The van der Waals surface area contributed by atoms with Gasteiger partial charge in [-0.25, -0.2) is 9.78 Å². The van der Waals surface area contributed by atoms with E-state index in [1.165, 1.54) is 30.7 Å². The number of aromatic nitrogens is 1. The smallest absolute Gasteiger partial charge is 0.315 e. The van der Waals surface area contributed by atoms with Gasteiger partial charge in [-0.2, -0.15) is 11.8 Å². The molecule has 2 fully saturated rings. The molecule has 0 radical (unpaired) electrons. The number of rotatable bonds is 5. The molecule has 1 heterocycles. The fourth-order valence-electron chi connectivity index (χ4n) is 2.87. The minimum atomic E-state index is -0.0607. The first kappa shape index (κ1) is 15.2. The summed E-state index contributed by atoms with van der Waals surface area (Å²) in [6.07, 6.45) is 8.18. The van der Waals surface area contributed by atoms with Gasteiger partial charge >= 0.3 is 6.03 Å². The van der Waals surface area contributed by atoms with Crippen molar-refractivity contribution in [1.82, 2.24) is 15.6 Å². The van der Waals surface area contributed by atoms with Crippen molar-refractivity contribution in [1.29, 1.82) is 0 Å². The predicted molar refractivity (Wildman–Crippen MR) is 89.1 cm³/mol. The van der Waals surface area contributed by atoms with Crippen molar-refractivity contribution in [2.24, 2.45) is 0 Å². The summed E-state index contributed by atoms with van der Waals surface area (Å²) in [7, 11) is 0. The molecular formula is C15H23N3OS2. The minimum absolute atomic E-state index is 0.0251. The summed E-state index contributed by atoms with van der Waals surface area (Å²) in [5.74, 6) is 0.686. The molecule has 2 N–H and O–H groups in total. The van der Waals surface area contributed by atoms with Crippen LogP contribution in [-0.2, 0) is 0 Å². The van der Waals surface area contributed by atoms with Crippen LogP contribution in [0.15, 0.2) is 5.38 Å². The molecule has 0 aliphatic heterocycles. The molecule has 6 heteroatoms. The number of carbonyl (C=O) groups excluding carboxylic acids is 1. The Labute approximate surface area is 134 Å². The first-order valence-electron chi connectivity index (χ1n) is 7.72. The average molecular weight is 326 g/mol. The van der Waals surface area contributed by atoms with Crippen LogP contribution in [0.25, 0.3) is 0 Å². The van der Waals surface area contributed by atoms with Gasteiger partial charge in [0.2, 0.25) is 0 Å². The molecule has 2 amide bonds. The first-order valence-corrected chi connectivity index (χ1v) is 9.89. The molecule has 1 aromatic rings. The third-order valence-corrected chi connectivity index (χ3v) is 6.52. The summed E-state index contributed by atoms with van der Waals surface area (Å²) in [6, 6.07) is 0.224. The van der Waals surface area contributed by atoms with E-state index in [0.29, 0.717) is 17.2 Å². The molecule has 116 valence electrons. The van der Waals surface area contributed by atoms with Gasteiger partial charge in [-0.1, -0.05) is 6.42 Å². The molecule has 3 atom stereocenters. The van der Waals surface area contributed by atoms with Crippen molar-refractivity contribution in [3.63, 3.8) is 0 Å². The number of thiazole rings is 1. The largest absolute Gasteiger partial charge is 0.334 e. The van der Waals surface area contributed by atoms with Gasteiger partial charge in [0, 0.05) is 22.6 Å². The summed E-state index contributed by atoms with van der Waals surface area (Å²) in [4.78, 5) is 16.8. The van der Waals surface area contributed by atoms with Crippen molar-refractivity contribution in [2.45, 2.75) is 62.3 Å². The summed E-state index contributed by atoms with van der Waals surface area (Å²) in [5, 5.41) is 10.0. The van der Waals surface area contributed by atoms with Gasteiger partial charge in [0.15, 0.2) is 0 Å². The molecule has 2 saturated carbocycles. The molecule has 0 unspecified atom stereocenters. The number of nitrogens with one attached hydrogen (secondary N) is 2. The van der Waals surface area contributed by atoms with Gasteiger partial charge in [-0.15, -0.1) is 11.3 Å². The Morgan fingerprint density at radius 2 is 2.24 bits per heavy atom. The summed E-state index contributed by atoms with van der Waals surface area (Å²) < 4.78 is 0. The number of thioether (sulfide) groups is 1. The highest BCUT2D eigenvalue weighted by Crippen LogP contribution is 2.41. The molecule has 2 aliphatic carbocycles. The number of hydrogen-bond acceptors (Lipinski definition) is 4. The highest BCUT2D eigenvalue weighted by molar-refractivity contribution is 7.99. The zero-order chi connectivity index (χ0) is 14.8. The maximum atomic E-state index is 12.1. The Bertz CT molecular complexity index is 501. The SMILES string of the molecule is CS[C@@H]1CCC[C@H]1NC(=O)N[C@@H](C)c1csc(C2CC2)n1. The number of carbonyl (C=O) groups is 1. The predicted octanol–water partition coefficient (Wildman–Crippen LogP) is 3.66. The Hall–Kier alpha value is -0.750. The third kappa shape index (κ3) is 3.72. The molecule has 0 spiro atoms. The van der Waals surface area contributed by atoms with Crippen LogP contribution < -0.4 is 10.6 Å². The Morgan fingerprint density at radius 1 is 1.43 bits per heavy atom. The van der Waals surface area contributed by atoms with Crippen LogP contribution in [0.2, 0.25) is 0 Å². The first-order chi connectivity index (χ1) is 10.2. The molecule has 0 aromatic carbocycles. The molecule has 21 heavy (non-hydrogen) atoms. The van der Waals surface area contributed by atoms with E-state index in [1.54, 1.807) is 11.3 Å². The molecule has 4 nitrogen and oxygen atoms in total. The van der Waals surface area contributed by atoms with Crippen LogP contribution in [0.3, 0.4) is 0 Å². The molecule has 3 rings (SSSR count). The Balaban J connectivity index is 1.51. The molecule has 0 saturated heterocycles. The van der Waals surface area contributed by atoms with Crippen molar-refractivity contribution < 1.29 is 4.79 Å². The van der Waals surface area contributed by atoms with Crippen LogP contribution in [0.4, 0.5) is 4.79 Å². The maximum absolute atomic E-state index is 12.1. The molecular weight excluding hydrogens is 302 g/mol. The molecule has 1 aromatic heterocycles. The Kier molecular flexibility index (Phi) is 4.74. The van der Waals surface area contributed by atoms with Crippen LogP contribution in [-0.4, -0.2) is 28.6 Å². The molecule has 0 bridgehead atoms. The number of hydrogen-bond donors (Lipinski definition) is 2. The topological polar surface area (TPSA) is 54.0 Å². The maximum Gasteiger partial charge on any atom is 0.315 e. The van der Waals surface area contributed by atoms with E-state index in [-0.39, 0.29) is 12.1 Å². The minimum Gasteiger partial charge on any atom is -0.334 e. The van der Waals surface area contributed by atoms with Crippen molar-refractivity contribution in [3.8, 4) is 0 Å². The van der Waals surface area contributed by atoms with Crippen LogP contribution in [0.1, 0.15) is 61.7 Å². The fraction of sp³-hybridized carbons (Fsp3) is 0.733. The number of amides is 2. The van der Waals surface area contributed by atoms with Gasteiger partial charge in [0.1, 0.15) is 0 Å². The van der Waals surface area contributed by atoms with Crippen LogP contribution in [0, 0.1) is 0 Å². The highest BCUT2D eigenvalue weighted by atomic mass is 32.2. The standard InChI is InChI=1S/C15H23N3OS2/c1-9(12-8-21-14(17-12)10-6-7-10)16-15(19)18-11-4-3-5-13(11)20-2/h8-11,13H,3-7H2,1-2H3,(H2,16,18,19)/t9-,11+,13+/m0/s1. The van der Waals surface area contributed by atoms with Crippen molar-refractivity contribution in [3.05, 3.63) is 16.1 Å². The molecule has 2 aliphatic rings. The van der Waals surface area contributed by atoms with Crippen LogP contribution >= 0.6 is 23.1 Å². The number of urea groups is 1. The monoisotopic (exact) mass is 325 g/mol. The fourth-order valence-corrected chi connectivity index (χ4v) is 4.89. The van der Waals surface area contributed by atoms with Crippen LogP contribution in [0.5, 0.6) is 0 Å². The van der Waals surface area contributed by atoms with E-state index in [9.17, 15) is 4.79 Å². The van der Waals surface area contributed by atoms with Crippen molar-refractivity contribution >= 4 is 29.1 Å². The average Bonchev–Trinajstić information content (AvgIpc) is 3.02. The van der Waals surface area contributed by atoms with E-state index in [0.717, 1.165) is 12.1 Å². The summed E-state index contributed by atoms with van der Waals surface area (Å²) >= 11 is 3.58. The second kappa shape index (κ2) is 6.57. The quantitative estimate of drug-likeness (QED) is 0.868. The van der Waals surface area contributed by atoms with E-state index in [4.69, 9.17) is 0 Å². The zero-order valence-corrected chi connectivity index (χ0v) is 14.2. The zero-order valence-electron chi connectivity index (χ0n) is 12.6. The lowest BCUT2D eigenvalue weighted by molar-refractivity contribution is 0.234. The van der Waals surface area contributed by atoms with Gasteiger partial charge < -0.3 is 10.6 Å². The third-order valence-electron chi connectivity index (χ3n) is 4.33. The Morgan fingerprint density at radius 3 is 2.95 bits per heavy atom. The second-order valence-corrected chi connectivity index (χ2v) is 8.00. The van der Waals surface area contributed by atoms with Gasteiger partial charge in [-0.05, 0) is 38.9 Å². The summed E-state index contributed by atoms with van der Waals surface area (Å²) in [6.45, 7) is 2.01. The normalized spacial score (nSPS) is 26.6. The van der Waals surface area contributed by atoms with E-state index in [1.807, 2.05) is 18.7 Å². The van der Waals surface area contributed by atoms with E-state index < -0.39 is 0 Å².